The lowest BCUT2D eigenvalue weighted by atomic mass is 10.0. The summed E-state index contributed by atoms with van der Waals surface area (Å²) in [6, 6.07) is 4.87. The third kappa shape index (κ3) is 2.53. The molecule has 1 aliphatic carbocycles. The van der Waals surface area contributed by atoms with Gasteiger partial charge in [-0.1, -0.05) is 0 Å². The summed E-state index contributed by atoms with van der Waals surface area (Å²) in [7, 11) is 1.69. The molecular weight excluding hydrogens is 255 g/mol. The minimum absolute atomic E-state index is 0.199. The second kappa shape index (κ2) is 5.85. The van der Waals surface area contributed by atoms with Gasteiger partial charge in [-0.2, -0.15) is 0 Å². The number of pyridine rings is 1. The van der Waals surface area contributed by atoms with Gasteiger partial charge in [0, 0.05) is 31.3 Å². The first-order chi connectivity index (χ1) is 9.79. The van der Waals surface area contributed by atoms with Crippen molar-refractivity contribution >= 4 is 10.9 Å². The Labute approximate surface area is 118 Å². The molecule has 1 aromatic carbocycles. The molecule has 1 N–H and O–H groups in total. The minimum Gasteiger partial charge on any atom is -0.383 e. The average molecular weight is 274 g/mol. The fraction of sp³-hybridized carbons (Fsp3) is 0.438. The van der Waals surface area contributed by atoms with Crippen LogP contribution in [0.4, 0.5) is 4.39 Å². The molecule has 106 valence electrons. The predicted molar refractivity (Wildman–Crippen MR) is 77.3 cm³/mol. The van der Waals surface area contributed by atoms with Gasteiger partial charge in [0.25, 0.3) is 0 Å². The number of aryl methyl sites for hydroxylation is 1. The Morgan fingerprint density at radius 2 is 2.25 bits per heavy atom. The smallest absolute Gasteiger partial charge is 0.123 e. The van der Waals surface area contributed by atoms with E-state index in [4.69, 9.17) is 4.74 Å². The molecular formula is C16H19FN2O. The van der Waals surface area contributed by atoms with Crippen LogP contribution >= 0.6 is 0 Å². The monoisotopic (exact) mass is 274 g/mol. The predicted octanol–water partition coefficient (Wildman–Crippen LogP) is 2.60. The number of nitrogens with one attached hydrogen (secondary N) is 1. The molecule has 0 bridgehead atoms. The Morgan fingerprint density at radius 1 is 1.35 bits per heavy atom. The zero-order valence-electron chi connectivity index (χ0n) is 11.7. The van der Waals surface area contributed by atoms with Gasteiger partial charge in [-0.25, -0.2) is 4.39 Å². The number of fused-ring (bicyclic) bond motifs is 2. The molecule has 0 fully saturated rings. The molecule has 0 spiro atoms. The summed E-state index contributed by atoms with van der Waals surface area (Å²) in [5, 5.41) is 4.31. The Morgan fingerprint density at radius 3 is 3.10 bits per heavy atom. The Balaban J connectivity index is 2.00. The SMILES string of the molecule is COCCNCc1c2c(nc3ccc(F)cc13)CCC2. The first kappa shape index (κ1) is 13.5. The maximum atomic E-state index is 13.5. The number of benzene rings is 1. The largest absolute Gasteiger partial charge is 0.383 e. The fourth-order valence-electron chi connectivity index (χ4n) is 2.92. The molecule has 0 unspecified atom stereocenters. The van der Waals surface area contributed by atoms with Crippen LogP contribution in [0, 0.1) is 5.82 Å². The van der Waals surface area contributed by atoms with Crippen LogP contribution < -0.4 is 5.32 Å². The number of methoxy groups -OCH3 is 1. The number of nitrogens with zero attached hydrogens (tertiary/aromatic N) is 1. The van der Waals surface area contributed by atoms with E-state index < -0.39 is 0 Å². The molecule has 0 radical (unpaired) electrons. The van der Waals surface area contributed by atoms with Crippen molar-refractivity contribution in [1.82, 2.24) is 10.3 Å². The number of ether oxygens (including phenoxy) is 1. The average Bonchev–Trinajstić information content (AvgIpc) is 2.91. The highest BCUT2D eigenvalue weighted by Crippen LogP contribution is 2.30. The standard InChI is InChI=1S/C16H19FN2O/c1-20-8-7-18-10-14-12-3-2-4-15(12)19-16-6-5-11(17)9-13(14)16/h5-6,9,18H,2-4,7-8,10H2,1H3. The third-order valence-corrected chi connectivity index (χ3v) is 3.88. The van der Waals surface area contributed by atoms with Crippen LogP contribution in [0.2, 0.25) is 0 Å². The van der Waals surface area contributed by atoms with E-state index in [1.165, 1.54) is 22.9 Å². The summed E-state index contributed by atoms with van der Waals surface area (Å²) in [6.07, 6.45) is 3.23. The summed E-state index contributed by atoms with van der Waals surface area (Å²) in [4.78, 5) is 4.68. The van der Waals surface area contributed by atoms with Gasteiger partial charge in [0.1, 0.15) is 5.82 Å². The van der Waals surface area contributed by atoms with Crippen molar-refractivity contribution in [2.24, 2.45) is 0 Å². The Bertz CT molecular complexity index is 627. The molecule has 20 heavy (non-hydrogen) atoms. The Kier molecular flexibility index (Phi) is 3.94. The highest BCUT2D eigenvalue weighted by atomic mass is 19.1. The van der Waals surface area contributed by atoms with Gasteiger partial charge in [0.15, 0.2) is 0 Å². The van der Waals surface area contributed by atoms with Crippen LogP contribution in [0.5, 0.6) is 0 Å². The van der Waals surface area contributed by atoms with Crippen LogP contribution in [-0.4, -0.2) is 25.2 Å². The molecule has 0 aliphatic heterocycles. The number of aromatic nitrogens is 1. The highest BCUT2D eigenvalue weighted by Gasteiger charge is 2.19. The van der Waals surface area contributed by atoms with Crippen molar-refractivity contribution in [2.75, 3.05) is 20.3 Å². The van der Waals surface area contributed by atoms with Gasteiger partial charge < -0.3 is 10.1 Å². The van der Waals surface area contributed by atoms with E-state index in [1.807, 2.05) is 0 Å². The van der Waals surface area contributed by atoms with Crippen LogP contribution in [0.15, 0.2) is 18.2 Å². The maximum absolute atomic E-state index is 13.5. The van der Waals surface area contributed by atoms with Gasteiger partial charge in [0.2, 0.25) is 0 Å². The summed E-state index contributed by atoms with van der Waals surface area (Å²) in [5.41, 5.74) is 4.61. The zero-order chi connectivity index (χ0) is 13.9. The molecule has 2 aromatic rings. The van der Waals surface area contributed by atoms with E-state index in [0.29, 0.717) is 6.61 Å². The maximum Gasteiger partial charge on any atom is 0.123 e. The van der Waals surface area contributed by atoms with Crippen molar-refractivity contribution in [3.8, 4) is 0 Å². The summed E-state index contributed by atoms with van der Waals surface area (Å²) in [5.74, 6) is -0.199. The van der Waals surface area contributed by atoms with E-state index in [0.717, 1.165) is 43.3 Å². The summed E-state index contributed by atoms with van der Waals surface area (Å²) >= 11 is 0. The van der Waals surface area contributed by atoms with Gasteiger partial charge in [-0.15, -0.1) is 0 Å². The molecule has 3 rings (SSSR count). The van der Waals surface area contributed by atoms with E-state index in [-0.39, 0.29) is 5.82 Å². The fourth-order valence-corrected chi connectivity index (χ4v) is 2.92. The second-order valence-electron chi connectivity index (χ2n) is 5.20. The van der Waals surface area contributed by atoms with E-state index >= 15 is 0 Å². The van der Waals surface area contributed by atoms with Crippen molar-refractivity contribution in [3.63, 3.8) is 0 Å². The first-order valence-corrected chi connectivity index (χ1v) is 7.09. The molecule has 1 aliphatic rings. The van der Waals surface area contributed by atoms with Crippen molar-refractivity contribution in [2.45, 2.75) is 25.8 Å². The van der Waals surface area contributed by atoms with E-state index in [2.05, 4.69) is 10.3 Å². The van der Waals surface area contributed by atoms with Crippen LogP contribution in [-0.2, 0) is 24.1 Å². The highest BCUT2D eigenvalue weighted by molar-refractivity contribution is 5.84. The van der Waals surface area contributed by atoms with Crippen molar-refractivity contribution in [3.05, 3.63) is 40.8 Å². The van der Waals surface area contributed by atoms with Gasteiger partial charge in [0.05, 0.1) is 12.1 Å². The van der Waals surface area contributed by atoms with Gasteiger partial charge in [-0.05, 0) is 48.6 Å². The molecule has 1 heterocycles. The molecule has 1 aromatic heterocycles. The molecule has 3 nitrogen and oxygen atoms in total. The van der Waals surface area contributed by atoms with Gasteiger partial charge in [-0.3, -0.25) is 4.98 Å². The van der Waals surface area contributed by atoms with Gasteiger partial charge >= 0.3 is 0 Å². The van der Waals surface area contributed by atoms with E-state index in [9.17, 15) is 4.39 Å². The lowest BCUT2D eigenvalue weighted by Crippen LogP contribution is -2.20. The molecule has 0 atom stereocenters. The summed E-state index contributed by atoms with van der Waals surface area (Å²) < 4.78 is 18.6. The number of hydrogen-bond donors (Lipinski definition) is 1. The topological polar surface area (TPSA) is 34.1 Å². The van der Waals surface area contributed by atoms with E-state index in [1.54, 1.807) is 19.2 Å². The van der Waals surface area contributed by atoms with Crippen LogP contribution in [0.1, 0.15) is 23.2 Å². The van der Waals surface area contributed by atoms with Crippen LogP contribution in [0.25, 0.3) is 10.9 Å². The normalized spacial score (nSPS) is 13.9. The number of hydrogen-bond acceptors (Lipinski definition) is 3. The third-order valence-electron chi connectivity index (χ3n) is 3.88. The lowest BCUT2D eigenvalue weighted by molar-refractivity contribution is 0.199. The second-order valence-corrected chi connectivity index (χ2v) is 5.20. The quantitative estimate of drug-likeness (QED) is 0.851. The van der Waals surface area contributed by atoms with Crippen molar-refractivity contribution < 1.29 is 9.13 Å². The molecule has 0 saturated heterocycles. The van der Waals surface area contributed by atoms with Crippen LogP contribution in [0.3, 0.4) is 0 Å². The number of halogens is 1. The molecule has 0 saturated carbocycles. The lowest BCUT2D eigenvalue weighted by Gasteiger charge is -2.13. The molecule has 0 amide bonds. The van der Waals surface area contributed by atoms with Crippen molar-refractivity contribution in [1.29, 1.82) is 0 Å². The Hall–Kier alpha value is -1.52. The first-order valence-electron chi connectivity index (χ1n) is 7.09. The zero-order valence-corrected chi connectivity index (χ0v) is 11.7. The molecule has 4 heteroatoms. The number of rotatable bonds is 5. The minimum atomic E-state index is -0.199. The summed E-state index contributed by atoms with van der Waals surface area (Å²) in [6.45, 7) is 2.22.